The number of rotatable bonds is 6. The summed E-state index contributed by atoms with van der Waals surface area (Å²) in [6.45, 7) is 13.2. The maximum atomic E-state index is 4.01. The molecule has 2 atom stereocenters. The van der Waals surface area contributed by atoms with Crippen molar-refractivity contribution in [2.45, 2.75) is 51.6 Å². The van der Waals surface area contributed by atoms with Crippen molar-refractivity contribution in [3.8, 4) is 0 Å². The third-order valence-corrected chi connectivity index (χ3v) is 8.99. The van der Waals surface area contributed by atoms with E-state index in [1.54, 1.807) is 0 Å². The number of hydrogen-bond acceptors (Lipinski definition) is 2. The summed E-state index contributed by atoms with van der Waals surface area (Å²) in [6.07, 6.45) is 0. The number of hydrogen-bond donors (Lipinski definition) is 0. The maximum absolute atomic E-state index is 4.01. The first-order valence-corrected chi connectivity index (χ1v) is 15.5. The van der Waals surface area contributed by atoms with Gasteiger partial charge in [-0.05, 0) is 67.8 Å². The Kier molecular flexibility index (Phi) is 7.15. The van der Waals surface area contributed by atoms with E-state index in [2.05, 4.69) is 178 Å². The van der Waals surface area contributed by atoms with Crippen molar-refractivity contribution in [1.82, 2.24) is 0 Å². The summed E-state index contributed by atoms with van der Waals surface area (Å²) in [4.78, 5) is 4.89. The lowest BCUT2D eigenvalue weighted by atomic mass is 9.86. The van der Waals surface area contributed by atoms with E-state index in [1.807, 2.05) is 0 Å². The van der Waals surface area contributed by atoms with Crippen LogP contribution in [0.2, 0.25) is 0 Å². The first-order valence-electron chi connectivity index (χ1n) is 15.5. The van der Waals surface area contributed by atoms with Crippen molar-refractivity contribution in [2.75, 3.05) is 9.80 Å². The fourth-order valence-corrected chi connectivity index (χ4v) is 6.96. The van der Waals surface area contributed by atoms with Crippen molar-refractivity contribution in [3.05, 3.63) is 162 Å². The largest absolute Gasteiger partial charge is 0.331 e. The fourth-order valence-electron chi connectivity index (χ4n) is 6.96. The molecule has 0 aliphatic carbocycles. The lowest BCUT2D eigenvalue weighted by Crippen LogP contribution is -2.25. The van der Waals surface area contributed by atoms with Gasteiger partial charge in [-0.15, -0.1) is 0 Å². The molecule has 43 heavy (non-hydrogen) atoms. The predicted molar refractivity (Wildman–Crippen MR) is 183 cm³/mol. The second-order valence-corrected chi connectivity index (χ2v) is 12.3. The molecule has 0 saturated carbocycles. The van der Waals surface area contributed by atoms with Gasteiger partial charge >= 0.3 is 0 Å². The molecule has 1 fully saturated rings. The van der Waals surface area contributed by atoms with E-state index < -0.39 is 0 Å². The van der Waals surface area contributed by atoms with E-state index in [-0.39, 0.29) is 12.1 Å². The van der Waals surface area contributed by atoms with E-state index in [1.165, 1.54) is 55.2 Å². The van der Waals surface area contributed by atoms with Crippen LogP contribution in [0.4, 0.5) is 11.4 Å². The topological polar surface area (TPSA) is 6.48 Å². The average molecular weight is 559 g/mol. The first kappa shape index (κ1) is 27.3. The minimum atomic E-state index is -0.0166. The van der Waals surface area contributed by atoms with E-state index in [0.29, 0.717) is 11.8 Å². The van der Waals surface area contributed by atoms with Crippen LogP contribution in [-0.2, 0) is 0 Å². The van der Waals surface area contributed by atoms with Gasteiger partial charge in [0.15, 0.2) is 0 Å². The summed E-state index contributed by atoms with van der Waals surface area (Å²) < 4.78 is 0. The molecule has 1 heterocycles. The minimum absolute atomic E-state index is 0.0166. The standard InChI is InChI=1S/C41H38N2/c1-28(2)32-19-9-11-25-38(32)42-27-43(39-26-12-10-20-33(39)29(3)4)41(37-24-14-18-31-16-6-8-22-35(31)37)40(42)36-23-13-17-30-15-5-7-21-34(30)36/h5-26,28-29,40-41H,1-4H3/t40-,41-/m1/s1. The summed E-state index contributed by atoms with van der Waals surface area (Å²) in [6, 6.07) is 48.9. The molecule has 1 aliphatic heterocycles. The van der Waals surface area contributed by atoms with Gasteiger partial charge in [-0.1, -0.05) is 149 Å². The molecule has 0 unspecified atom stereocenters. The molecular weight excluding hydrogens is 520 g/mol. The Morgan fingerprint density at radius 3 is 1.26 bits per heavy atom. The molecule has 0 bridgehead atoms. The average Bonchev–Trinajstić information content (AvgIpc) is 3.44. The second-order valence-electron chi connectivity index (χ2n) is 12.3. The Morgan fingerprint density at radius 1 is 0.442 bits per heavy atom. The quantitative estimate of drug-likeness (QED) is 0.201. The highest BCUT2D eigenvalue weighted by atomic mass is 15.4. The number of para-hydroxylation sites is 2. The van der Waals surface area contributed by atoms with Gasteiger partial charge in [-0.25, -0.2) is 0 Å². The lowest BCUT2D eigenvalue weighted by Gasteiger charge is -2.33. The van der Waals surface area contributed by atoms with Gasteiger partial charge in [0.25, 0.3) is 0 Å². The third-order valence-electron chi connectivity index (χ3n) is 8.99. The molecule has 1 saturated heterocycles. The van der Waals surface area contributed by atoms with Crippen LogP contribution in [-0.4, -0.2) is 0 Å². The molecule has 1 aliphatic rings. The zero-order valence-corrected chi connectivity index (χ0v) is 25.4. The van der Waals surface area contributed by atoms with Gasteiger partial charge in [-0.2, -0.15) is 0 Å². The molecule has 6 aromatic rings. The van der Waals surface area contributed by atoms with Crippen LogP contribution in [0.3, 0.4) is 0 Å². The van der Waals surface area contributed by atoms with E-state index in [4.69, 9.17) is 0 Å². The Labute approximate surface area is 256 Å². The third kappa shape index (κ3) is 4.76. The molecule has 7 rings (SSSR count). The SMILES string of the molecule is CC(C)c1ccccc1N1[C]N(c2ccccc2C(C)C)[C@H](c2cccc3ccccc23)[C@H]1c1cccc2ccccc12. The Morgan fingerprint density at radius 2 is 0.814 bits per heavy atom. The van der Waals surface area contributed by atoms with E-state index in [0.717, 1.165) is 0 Å². The highest BCUT2D eigenvalue weighted by molar-refractivity contribution is 5.90. The lowest BCUT2D eigenvalue weighted by molar-refractivity contribution is 0.622. The van der Waals surface area contributed by atoms with Crippen molar-refractivity contribution in [1.29, 1.82) is 0 Å². The van der Waals surface area contributed by atoms with Gasteiger partial charge in [0.2, 0.25) is 6.67 Å². The number of fused-ring (bicyclic) bond motifs is 2. The molecule has 2 heteroatoms. The van der Waals surface area contributed by atoms with Crippen LogP contribution in [0, 0.1) is 6.67 Å². The second kappa shape index (κ2) is 11.3. The predicted octanol–water partition coefficient (Wildman–Crippen LogP) is 11.0. The van der Waals surface area contributed by atoms with Gasteiger partial charge in [0.05, 0.1) is 12.1 Å². The monoisotopic (exact) mass is 558 g/mol. The fraction of sp³-hybridized carbons (Fsp3) is 0.195. The van der Waals surface area contributed by atoms with Crippen LogP contribution in [0.1, 0.15) is 73.9 Å². The van der Waals surface area contributed by atoms with Crippen molar-refractivity contribution >= 4 is 32.9 Å². The molecule has 0 aromatic heterocycles. The van der Waals surface area contributed by atoms with E-state index in [9.17, 15) is 0 Å². The van der Waals surface area contributed by atoms with Crippen molar-refractivity contribution in [3.63, 3.8) is 0 Å². The smallest absolute Gasteiger partial charge is 0.210 e. The number of benzene rings is 6. The summed E-state index contributed by atoms with van der Waals surface area (Å²) in [5, 5.41) is 5.09. The summed E-state index contributed by atoms with van der Waals surface area (Å²) in [5.74, 6) is 0.748. The van der Waals surface area contributed by atoms with Crippen LogP contribution in [0.5, 0.6) is 0 Å². The van der Waals surface area contributed by atoms with Gasteiger partial charge in [-0.3, -0.25) is 0 Å². The minimum Gasteiger partial charge on any atom is -0.331 e. The van der Waals surface area contributed by atoms with Crippen LogP contribution in [0.15, 0.2) is 133 Å². The van der Waals surface area contributed by atoms with Crippen LogP contribution in [0.25, 0.3) is 21.5 Å². The normalized spacial score (nSPS) is 17.1. The van der Waals surface area contributed by atoms with E-state index >= 15 is 0 Å². The summed E-state index contributed by atoms with van der Waals surface area (Å²) in [5.41, 5.74) is 7.71. The molecule has 0 spiro atoms. The molecule has 6 aromatic carbocycles. The highest BCUT2D eigenvalue weighted by Gasteiger charge is 2.46. The molecule has 212 valence electrons. The first-order chi connectivity index (χ1) is 21.0. The maximum Gasteiger partial charge on any atom is 0.210 e. The van der Waals surface area contributed by atoms with Gasteiger partial charge < -0.3 is 9.80 Å². The van der Waals surface area contributed by atoms with Crippen molar-refractivity contribution < 1.29 is 0 Å². The highest BCUT2D eigenvalue weighted by Crippen LogP contribution is 2.54. The summed E-state index contributed by atoms with van der Waals surface area (Å²) >= 11 is 0. The molecule has 0 N–H and O–H groups in total. The van der Waals surface area contributed by atoms with Crippen molar-refractivity contribution in [2.24, 2.45) is 0 Å². The zero-order valence-electron chi connectivity index (χ0n) is 25.4. The zero-order chi connectivity index (χ0) is 29.5. The molecule has 0 amide bonds. The number of anilines is 2. The van der Waals surface area contributed by atoms with Gasteiger partial charge in [0.1, 0.15) is 0 Å². The van der Waals surface area contributed by atoms with Crippen LogP contribution >= 0.6 is 0 Å². The van der Waals surface area contributed by atoms with Gasteiger partial charge in [0, 0.05) is 11.4 Å². The Hall–Kier alpha value is -4.56. The molecule has 2 nitrogen and oxygen atoms in total. The Balaban J connectivity index is 1.57. The van der Waals surface area contributed by atoms with Crippen LogP contribution < -0.4 is 9.80 Å². The molecule has 2 radical (unpaired) electrons. The summed E-state index contributed by atoms with van der Waals surface area (Å²) in [7, 11) is 0. The molecular formula is C41H38N2. The number of nitrogens with zero attached hydrogens (tertiary/aromatic N) is 2. The Bertz CT molecular complexity index is 1750.